The maximum absolute atomic E-state index is 14.5. The molecule has 1 unspecified atom stereocenters. The molecule has 50 heavy (non-hydrogen) atoms. The number of carbonyl (C=O) groups excluding carboxylic acids is 6. The first-order valence-corrected chi connectivity index (χ1v) is 17.3. The molecule has 0 aromatic heterocycles. The molecule has 1 aliphatic heterocycles. The molecule has 5 atom stereocenters. The first kappa shape index (κ1) is 43.9. The Bertz CT molecular complexity index is 1330. The Hall–Kier alpha value is -4.14. The fraction of sp³-hybridized carbons (Fsp3) is 0.684. The topological polar surface area (TPSA) is 163 Å². The monoisotopic (exact) mass is 699 g/mol. The van der Waals surface area contributed by atoms with Crippen LogP contribution in [-0.4, -0.2) is 83.3 Å². The van der Waals surface area contributed by atoms with Gasteiger partial charge >= 0.3 is 12.0 Å². The number of ketones is 1. The van der Waals surface area contributed by atoms with E-state index in [4.69, 9.17) is 11.2 Å². The maximum Gasteiger partial charge on any atom is 0.329 e. The SMILES string of the molecule is C#CCCCC(NC(=O)[C@@H]1C[C@@H](C(=C)C(C)C)CN1C(=O)[C@@H](NC(=O)N[C@H](C(=O)OC(C)(C)C)C(C)(C)C)C(C)(C)C)C(=O)C(=O)NCC=C. The van der Waals surface area contributed by atoms with Crippen molar-refractivity contribution in [3.05, 3.63) is 24.8 Å². The molecule has 0 bridgehead atoms. The van der Waals surface area contributed by atoms with Gasteiger partial charge in [-0.3, -0.25) is 19.2 Å². The smallest absolute Gasteiger partial charge is 0.329 e. The van der Waals surface area contributed by atoms with E-state index in [9.17, 15) is 28.8 Å². The van der Waals surface area contributed by atoms with E-state index < -0.39 is 76.1 Å². The summed E-state index contributed by atoms with van der Waals surface area (Å²) in [5.74, 6) is -1.13. The van der Waals surface area contributed by atoms with E-state index in [2.05, 4.69) is 40.3 Å². The summed E-state index contributed by atoms with van der Waals surface area (Å²) >= 11 is 0. The van der Waals surface area contributed by atoms with Crippen LogP contribution < -0.4 is 21.3 Å². The molecule has 1 aliphatic rings. The lowest BCUT2D eigenvalue weighted by molar-refractivity contribution is -0.160. The summed E-state index contributed by atoms with van der Waals surface area (Å²) in [7, 11) is 0. The van der Waals surface area contributed by atoms with Gasteiger partial charge in [-0.05, 0) is 62.7 Å². The molecule has 1 fully saturated rings. The van der Waals surface area contributed by atoms with E-state index in [0.29, 0.717) is 12.8 Å². The highest BCUT2D eigenvalue weighted by atomic mass is 16.6. The van der Waals surface area contributed by atoms with Crippen LogP contribution in [0, 0.1) is 35.0 Å². The van der Waals surface area contributed by atoms with Gasteiger partial charge in [0.15, 0.2) is 0 Å². The molecule has 12 nitrogen and oxygen atoms in total. The average molecular weight is 700 g/mol. The minimum atomic E-state index is -1.17. The molecule has 12 heteroatoms. The van der Waals surface area contributed by atoms with Crippen LogP contribution in [0.3, 0.4) is 0 Å². The van der Waals surface area contributed by atoms with Crippen LogP contribution in [-0.2, 0) is 28.7 Å². The molecule has 0 saturated carbocycles. The minimum absolute atomic E-state index is 0.0647. The third-order valence-corrected chi connectivity index (χ3v) is 8.40. The lowest BCUT2D eigenvalue weighted by Gasteiger charge is -2.37. The minimum Gasteiger partial charge on any atom is -0.458 e. The summed E-state index contributed by atoms with van der Waals surface area (Å²) in [6.45, 7) is 27.8. The van der Waals surface area contributed by atoms with Crippen LogP contribution in [0.5, 0.6) is 0 Å². The third kappa shape index (κ3) is 13.3. The van der Waals surface area contributed by atoms with Gasteiger partial charge in [0.25, 0.3) is 5.91 Å². The Morgan fingerprint density at radius 3 is 1.98 bits per heavy atom. The van der Waals surface area contributed by atoms with E-state index in [1.165, 1.54) is 11.0 Å². The fourth-order valence-electron chi connectivity index (χ4n) is 5.53. The van der Waals surface area contributed by atoms with Gasteiger partial charge in [-0.25, -0.2) is 9.59 Å². The largest absolute Gasteiger partial charge is 0.458 e. The second-order valence-corrected chi connectivity index (χ2v) is 16.4. The molecule has 280 valence electrons. The predicted molar refractivity (Wildman–Crippen MR) is 194 cm³/mol. The molecular formula is C38H61N5O7. The van der Waals surface area contributed by atoms with E-state index >= 15 is 0 Å². The molecule has 1 saturated heterocycles. The van der Waals surface area contributed by atoms with Crippen molar-refractivity contribution in [3.63, 3.8) is 0 Å². The number of nitrogens with zero attached hydrogens (tertiary/aromatic N) is 1. The predicted octanol–water partition coefficient (Wildman–Crippen LogP) is 4.05. The van der Waals surface area contributed by atoms with Crippen molar-refractivity contribution < 1.29 is 33.5 Å². The molecule has 0 radical (unpaired) electrons. The summed E-state index contributed by atoms with van der Waals surface area (Å²) in [5.41, 5.74) is -1.49. The van der Waals surface area contributed by atoms with E-state index in [-0.39, 0.29) is 37.8 Å². The van der Waals surface area contributed by atoms with Gasteiger partial charge in [0, 0.05) is 19.5 Å². The molecular weight excluding hydrogens is 638 g/mol. The lowest BCUT2D eigenvalue weighted by Crippen LogP contribution is -2.62. The van der Waals surface area contributed by atoms with E-state index in [1.807, 2.05) is 13.8 Å². The van der Waals surface area contributed by atoms with Crippen LogP contribution in [0.25, 0.3) is 0 Å². The number of rotatable bonds is 15. The number of carbonyl (C=O) groups is 6. The molecule has 4 N–H and O–H groups in total. The molecule has 0 aromatic carbocycles. The number of esters is 1. The first-order chi connectivity index (χ1) is 22.8. The van der Waals surface area contributed by atoms with Crippen molar-refractivity contribution in [2.45, 2.75) is 132 Å². The summed E-state index contributed by atoms with van der Waals surface area (Å²) in [6.07, 6.45) is 7.90. The number of nitrogens with one attached hydrogen (secondary N) is 4. The number of ether oxygens (including phenoxy) is 1. The number of amides is 5. The first-order valence-electron chi connectivity index (χ1n) is 17.3. The number of hydrogen-bond donors (Lipinski definition) is 4. The van der Waals surface area contributed by atoms with Gasteiger partial charge in [0.1, 0.15) is 23.7 Å². The number of terminal acetylenes is 1. The zero-order valence-electron chi connectivity index (χ0n) is 32.1. The second kappa shape index (κ2) is 18.2. The van der Waals surface area contributed by atoms with Crippen LogP contribution in [0.1, 0.15) is 102 Å². The highest BCUT2D eigenvalue weighted by Gasteiger charge is 2.47. The zero-order chi connectivity index (χ0) is 38.8. The Morgan fingerprint density at radius 1 is 0.940 bits per heavy atom. The van der Waals surface area contributed by atoms with Gasteiger partial charge in [-0.15, -0.1) is 18.9 Å². The van der Waals surface area contributed by atoms with Crippen molar-refractivity contribution in [3.8, 4) is 12.3 Å². The van der Waals surface area contributed by atoms with E-state index in [0.717, 1.165) is 5.57 Å². The van der Waals surface area contributed by atoms with Crippen molar-refractivity contribution in [2.24, 2.45) is 22.7 Å². The van der Waals surface area contributed by atoms with Gasteiger partial charge in [0.05, 0.1) is 6.04 Å². The highest BCUT2D eigenvalue weighted by molar-refractivity contribution is 6.38. The second-order valence-electron chi connectivity index (χ2n) is 16.4. The highest BCUT2D eigenvalue weighted by Crippen LogP contribution is 2.34. The van der Waals surface area contributed by atoms with Gasteiger partial charge in [-0.1, -0.05) is 73.6 Å². The standard InChI is InChI=1S/C38H61N5O7/c1-15-17-18-19-26(28(44)32(46)39-20-16-2)40-31(45)27-21-25(24(5)23(3)4)22-43(27)33(47)29(36(6,7)8)41-35(49)42-30(37(9,10)11)34(48)50-38(12,13)14/h1,16,23,25-27,29-30H,2,5,17-22H2,3-4,6-14H3,(H,39,46)(H,40,45)(H2,41,42,49)/t25-,26?,27+,29-,30-/m1/s1. The molecule has 5 amide bonds. The van der Waals surface area contributed by atoms with Crippen LogP contribution in [0.2, 0.25) is 0 Å². The average Bonchev–Trinajstić information content (AvgIpc) is 3.43. The number of Topliss-reactive ketones (excluding diaryl/α,β-unsaturated/α-hetero) is 1. The fourth-order valence-corrected chi connectivity index (χ4v) is 5.53. The van der Waals surface area contributed by atoms with Crippen LogP contribution in [0.4, 0.5) is 4.79 Å². The van der Waals surface area contributed by atoms with Gasteiger partial charge in [0.2, 0.25) is 17.6 Å². The Kier molecular flexibility index (Phi) is 16.0. The lowest BCUT2D eigenvalue weighted by atomic mass is 9.85. The Labute approximate surface area is 299 Å². The normalized spacial score (nSPS) is 18.2. The van der Waals surface area contributed by atoms with Crippen molar-refractivity contribution >= 4 is 35.5 Å². The summed E-state index contributed by atoms with van der Waals surface area (Å²) in [5, 5.41) is 10.6. The van der Waals surface area contributed by atoms with Crippen LogP contribution >= 0.6 is 0 Å². The number of likely N-dealkylation sites (tertiary alicyclic amines) is 1. The van der Waals surface area contributed by atoms with Gasteiger partial charge in [-0.2, -0.15) is 0 Å². The van der Waals surface area contributed by atoms with E-state index in [1.54, 1.807) is 62.3 Å². The zero-order valence-corrected chi connectivity index (χ0v) is 32.1. The van der Waals surface area contributed by atoms with Crippen molar-refractivity contribution in [2.75, 3.05) is 13.1 Å². The number of unbranched alkanes of at least 4 members (excludes halogenated alkanes) is 1. The molecule has 0 spiro atoms. The van der Waals surface area contributed by atoms with Gasteiger partial charge < -0.3 is 30.9 Å². The number of urea groups is 1. The van der Waals surface area contributed by atoms with Crippen molar-refractivity contribution in [1.82, 2.24) is 26.2 Å². The number of hydrogen-bond acceptors (Lipinski definition) is 7. The molecule has 1 rings (SSSR count). The molecule has 1 heterocycles. The van der Waals surface area contributed by atoms with Crippen LogP contribution in [0.15, 0.2) is 24.8 Å². The Balaban J connectivity index is 3.47. The Morgan fingerprint density at radius 2 is 1.50 bits per heavy atom. The summed E-state index contributed by atoms with van der Waals surface area (Å²) in [6, 6.07) is -5.11. The quantitative estimate of drug-likeness (QED) is 0.0659. The maximum atomic E-state index is 14.5. The summed E-state index contributed by atoms with van der Waals surface area (Å²) in [4.78, 5) is 82.2. The van der Waals surface area contributed by atoms with Crippen molar-refractivity contribution in [1.29, 1.82) is 0 Å². The third-order valence-electron chi connectivity index (χ3n) is 8.40. The molecule has 0 aromatic rings. The molecule has 0 aliphatic carbocycles. The summed E-state index contributed by atoms with van der Waals surface area (Å²) < 4.78 is 5.56.